The molecule has 1 saturated carbocycles. The van der Waals surface area contributed by atoms with E-state index < -0.39 is 0 Å². The first-order chi connectivity index (χ1) is 7.48. The number of hydrogen-bond acceptors (Lipinski definition) is 3. The molecule has 1 rings (SSSR count). The molecule has 0 radical (unpaired) electrons. The van der Waals surface area contributed by atoms with Crippen molar-refractivity contribution in [2.75, 3.05) is 33.8 Å². The number of nitrogens with one attached hydrogen (secondary N) is 1. The summed E-state index contributed by atoms with van der Waals surface area (Å²) in [6, 6.07) is 0.647. The molecule has 16 heavy (non-hydrogen) atoms. The topological polar surface area (TPSA) is 35.5 Å². The van der Waals surface area contributed by atoms with E-state index >= 15 is 0 Å². The van der Waals surface area contributed by atoms with Crippen LogP contribution in [-0.2, 0) is 0 Å². The molecule has 1 aliphatic carbocycles. The third kappa shape index (κ3) is 4.04. The van der Waals surface area contributed by atoms with Crippen LogP contribution in [-0.4, -0.2) is 49.8 Å². The van der Waals surface area contributed by atoms with E-state index in [9.17, 15) is 0 Å². The van der Waals surface area contributed by atoms with Crippen LogP contribution in [0.5, 0.6) is 0 Å². The average Bonchev–Trinajstić information content (AvgIpc) is 2.17. The standard InChI is InChI=1S/C13H28N2O/c1-13(2)6-5-12(14-3)11(9-13)10-15(4)7-8-16/h11-12,14,16H,5-10H2,1-4H3. The molecule has 0 spiro atoms. The average molecular weight is 228 g/mol. The van der Waals surface area contributed by atoms with Gasteiger partial charge in [0, 0.05) is 19.1 Å². The third-order valence-electron chi connectivity index (χ3n) is 3.91. The summed E-state index contributed by atoms with van der Waals surface area (Å²) in [5, 5.41) is 12.4. The second-order valence-electron chi connectivity index (χ2n) is 6.05. The zero-order valence-electron chi connectivity index (χ0n) is 11.3. The summed E-state index contributed by atoms with van der Waals surface area (Å²) in [7, 11) is 4.17. The molecule has 2 unspecified atom stereocenters. The van der Waals surface area contributed by atoms with Crippen molar-refractivity contribution in [3.8, 4) is 0 Å². The van der Waals surface area contributed by atoms with Gasteiger partial charge in [-0.3, -0.25) is 0 Å². The van der Waals surface area contributed by atoms with Crippen LogP contribution in [0.1, 0.15) is 33.1 Å². The van der Waals surface area contributed by atoms with Gasteiger partial charge in [-0.05, 0) is 44.7 Å². The number of aliphatic hydroxyl groups excluding tert-OH is 1. The number of likely N-dealkylation sites (N-methyl/N-ethyl adjacent to an activating group) is 1. The second-order valence-corrected chi connectivity index (χ2v) is 6.05. The second kappa shape index (κ2) is 5.99. The van der Waals surface area contributed by atoms with E-state index in [0.29, 0.717) is 17.4 Å². The fourth-order valence-electron chi connectivity index (χ4n) is 2.97. The van der Waals surface area contributed by atoms with Gasteiger partial charge in [0.2, 0.25) is 0 Å². The van der Waals surface area contributed by atoms with Gasteiger partial charge in [-0.25, -0.2) is 0 Å². The summed E-state index contributed by atoms with van der Waals surface area (Å²) < 4.78 is 0. The Kier molecular flexibility index (Phi) is 5.22. The van der Waals surface area contributed by atoms with Crippen molar-refractivity contribution < 1.29 is 5.11 Å². The fourth-order valence-corrected chi connectivity index (χ4v) is 2.97. The van der Waals surface area contributed by atoms with Crippen LogP contribution in [0.4, 0.5) is 0 Å². The Morgan fingerprint density at radius 2 is 2.12 bits per heavy atom. The highest BCUT2D eigenvalue weighted by molar-refractivity contribution is 4.89. The zero-order chi connectivity index (χ0) is 12.2. The zero-order valence-corrected chi connectivity index (χ0v) is 11.3. The summed E-state index contributed by atoms with van der Waals surface area (Å²) >= 11 is 0. The smallest absolute Gasteiger partial charge is 0.0558 e. The van der Waals surface area contributed by atoms with Crippen LogP contribution in [0.15, 0.2) is 0 Å². The Morgan fingerprint density at radius 3 is 2.69 bits per heavy atom. The maximum absolute atomic E-state index is 8.93. The van der Waals surface area contributed by atoms with Crippen LogP contribution in [0.2, 0.25) is 0 Å². The molecule has 0 heterocycles. The van der Waals surface area contributed by atoms with E-state index in [4.69, 9.17) is 5.11 Å². The van der Waals surface area contributed by atoms with Gasteiger partial charge in [-0.1, -0.05) is 13.8 Å². The third-order valence-corrected chi connectivity index (χ3v) is 3.91. The quantitative estimate of drug-likeness (QED) is 0.745. The summed E-state index contributed by atoms with van der Waals surface area (Å²) in [5.74, 6) is 0.713. The number of hydrogen-bond donors (Lipinski definition) is 2. The lowest BCUT2D eigenvalue weighted by atomic mass is 9.70. The predicted molar refractivity (Wildman–Crippen MR) is 68.6 cm³/mol. The molecule has 0 amide bonds. The molecule has 3 nitrogen and oxygen atoms in total. The lowest BCUT2D eigenvalue weighted by Gasteiger charge is -2.42. The lowest BCUT2D eigenvalue weighted by molar-refractivity contribution is 0.105. The van der Waals surface area contributed by atoms with Crippen molar-refractivity contribution in [2.24, 2.45) is 11.3 Å². The molecule has 1 aliphatic rings. The molecule has 3 heteroatoms. The minimum absolute atomic E-state index is 0.261. The predicted octanol–water partition coefficient (Wildman–Crippen LogP) is 1.32. The molecule has 0 bridgehead atoms. The number of aliphatic hydroxyl groups is 1. The van der Waals surface area contributed by atoms with E-state index in [1.54, 1.807) is 0 Å². The molecular weight excluding hydrogens is 200 g/mol. The van der Waals surface area contributed by atoms with E-state index in [1.165, 1.54) is 19.3 Å². The van der Waals surface area contributed by atoms with Gasteiger partial charge in [-0.15, -0.1) is 0 Å². The Balaban J connectivity index is 2.51. The van der Waals surface area contributed by atoms with E-state index in [1.807, 2.05) is 0 Å². The molecule has 2 N–H and O–H groups in total. The Labute approximate surface area is 100 Å². The van der Waals surface area contributed by atoms with E-state index in [0.717, 1.165) is 13.1 Å². The summed E-state index contributed by atoms with van der Waals surface area (Å²) in [6.45, 7) is 6.88. The molecule has 2 atom stereocenters. The molecular formula is C13H28N2O. The van der Waals surface area contributed by atoms with Crippen molar-refractivity contribution >= 4 is 0 Å². The molecule has 0 aromatic carbocycles. The van der Waals surface area contributed by atoms with Crippen LogP contribution in [0.25, 0.3) is 0 Å². The van der Waals surface area contributed by atoms with Crippen LogP contribution in [0.3, 0.4) is 0 Å². The molecule has 0 aliphatic heterocycles. The van der Waals surface area contributed by atoms with Crippen LogP contribution < -0.4 is 5.32 Å². The van der Waals surface area contributed by atoms with Crippen LogP contribution >= 0.6 is 0 Å². The van der Waals surface area contributed by atoms with Gasteiger partial charge in [-0.2, -0.15) is 0 Å². The first-order valence-electron chi connectivity index (χ1n) is 6.45. The molecule has 0 aromatic heterocycles. The Morgan fingerprint density at radius 1 is 1.44 bits per heavy atom. The van der Waals surface area contributed by atoms with Gasteiger partial charge < -0.3 is 15.3 Å². The van der Waals surface area contributed by atoms with Gasteiger partial charge in [0.05, 0.1) is 6.61 Å². The summed E-state index contributed by atoms with van der Waals surface area (Å²) in [4.78, 5) is 2.25. The molecule has 96 valence electrons. The monoisotopic (exact) mass is 228 g/mol. The highest BCUT2D eigenvalue weighted by Gasteiger charge is 2.34. The van der Waals surface area contributed by atoms with Crippen LogP contribution in [0, 0.1) is 11.3 Å². The highest BCUT2D eigenvalue weighted by Crippen LogP contribution is 2.38. The van der Waals surface area contributed by atoms with Crippen molar-refractivity contribution in [1.29, 1.82) is 0 Å². The van der Waals surface area contributed by atoms with Crippen molar-refractivity contribution in [1.82, 2.24) is 10.2 Å². The minimum Gasteiger partial charge on any atom is -0.395 e. The highest BCUT2D eigenvalue weighted by atomic mass is 16.3. The van der Waals surface area contributed by atoms with Crippen molar-refractivity contribution in [2.45, 2.75) is 39.2 Å². The first kappa shape index (κ1) is 13.9. The summed E-state index contributed by atoms with van der Waals surface area (Å²) in [6.07, 6.45) is 3.88. The van der Waals surface area contributed by atoms with Gasteiger partial charge in [0.1, 0.15) is 0 Å². The van der Waals surface area contributed by atoms with Gasteiger partial charge >= 0.3 is 0 Å². The maximum atomic E-state index is 8.93. The van der Waals surface area contributed by atoms with Gasteiger partial charge in [0.25, 0.3) is 0 Å². The lowest BCUT2D eigenvalue weighted by Crippen LogP contribution is -2.46. The Bertz CT molecular complexity index is 206. The molecule has 1 fully saturated rings. The van der Waals surface area contributed by atoms with Gasteiger partial charge in [0.15, 0.2) is 0 Å². The fraction of sp³-hybridized carbons (Fsp3) is 1.00. The normalized spacial score (nSPS) is 29.6. The van der Waals surface area contributed by atoms with Crippen molar-refractivity contribution in [3.05, 3.63) is 0 Å². The summed E-state index contributed by atoms with van der Waals surface area (Å²) in [5.41, 5.74) is 0.484. The number of rotatable bonds is 5. The number of nitrogens with zero attached hydrogens (tertiary/aromatic N) is 1. The largest absolute Gasteiger partial charge is 0.395 e. The maximum Gasteiger partial charge on any atom is 0.0558 e. The Hall–Kier alpha value is -0.120. The van der Waals surface area contributed by atoms with E-state index in [2.05, 4.69) is 38.2 Å². The molecule has 0 saturated heterocycles. The van der Waals surface area contributed by atoms with E-state index in [-0.39, 0.29) is 6.61 Å². The SMILES string of the molecule is CNC1CCC(C)(C)CC1CN(C)CCO. The van der Waals surface area contributed by atoms with Crippen molar-refractivity contribution in [3.63, 3.8) is 0 Å². The minimum atomic E-state index is 0.261. The molecule has 0 aromatic rings. The first-order valence-corrected chi connectivity index (χ1v) is 6.45.